The molecule has 0 saturated heterocycles. The van der Waals surface area contributed by atoms with E-state index in [1.807, 2.05) is 24.3 Å². The number of aromatic carboxylic acids is 1. The second-order valence-electron chi connectivity index (χ2n) is 3.85. The van der Waals surface area contributed by atoms with Gasteiger partial charge < -0.3 is 10.4 Å². The highest BCUT2D eigenvalue weighted by Gasteiger charge is 2.07. The van der Waals surface area contributed by atoms with Gasteiger partial charge in [0.05, 0.1) is 5.56 Å². The first-order chi connectivity index (χ1) is 9.04. The Morgan fingerprint density at radius 1 is 1.32 bits per heavy atom. The molecule has 0 aliphatic carbocycles. The molecule has 0 aliphatic heterocycles. The van der Waals surface area contributed by atoms with Crippen molar-refractivity contribution in [3.63, 3.8) is 0 Å². The predicted octanol–water partition coefficient (Wildman–Crippen LogP) is 3.81. The normalized spacial score (nSPS) is 10.2. The number of pyridine rings is 1. The fourth-order valence-electron chi connectivity index (χ4n) is 1.51. The molecule has 19 heavy (non-hydrogen) atoms. The lowest BCUT2D eigenvalue weighted by Crippen LogP contribution is -2.04. The minimum atomic E-state index is -1.03. The highest BCUT2D eigenvalue weighted by atomic mass is 79.9. The zero-order valence-electron chi connectivity index (χ0n) is 9.73. The largest absolute Gasteiger partial charge is 0.478 e. The Balaban J connectivity index is 2.11. The second-order valence-corrected chi connectivity index (χ2v) is 5.15. The molecule has 4 nitrogen and oxygen atoms in total. The molecule has 2 aromatic rings. The molecule has 0 bridgehead atoms. The Hall–Kier alpha value is -1.59. The molecule has 2 rings (SSSR count). The van der Waals surface area contributed by atoms with Crippen LogP contribution in [0.25, 0.3) is 0 Å². The smallest absolute Gasteiger partial charge is 0.335 e. The first-order valence-electron chi connectivity index (χ1n) is 5.44. The molecule has 2 N–H and O–H groups in total. The minimum absolute atomic E-state index is 0.110. The predicted molar refractivity (Wildman–Crippen MR) is 77.7 cm³/mol. The minimum Gasteiger partial charge on any atom is -0.478 e. The van der Waals surface area contributed by atoms with Crippen molar-refractivity contribution in [2.45, 2.75) is 6.54 Å². The summed E-state index contributed by atoms with van der Waals surface area (Å²) in [7, 11) is 0. The van der Waals surface area contributed by atoms with Crippen molar-refractivity contribution in [2.24, 2.45) is 0 Å². The van der Waals surface area contributed by atoms with Crippen LogP contribution in [0.2, 0.25) is 5.15 Å². The van der Waals surface area contributed by atoms with Crippen LogP contribution in [0, 0.1) is 0 Å². The first kappa shape index (κ1) is 13.8. The van der Waals surface area contributed by atoms with Crippen molar-refractivity contribution in [3.05, 3.63) is 57.2 Å². The maximum atomic E-state index is 10.9. The van der Waals surface area contributed by atoms with Gasteiger partial charge >= 0.3 is 5.97 Å². The molecule has 0 radical (unpaired) electrons. The van der Waals surface area contributed by atoms with E-state index in [0.29, 0.717) is 12.4 Å². The number of aromatic nitrogens is 1. The van der Waals surface area contributed by atoms with E-state index in [2.05, 4.69) is 26.2 Å². The molecule has 0 unspecified atom stereocenters. The molecule has 98 valence electrons. The van der Waals surface area contributed by atoms with E-state index in [0.717, 1.165) is 10.0 Å². The summed E-state index contributed by atoms with van der Waals surface area (Å²) in [6.45, 7) is 0.541. The molecule has 0 spiro atoms. The maximum absolute atomic E-state index is 10.9. The summed E-state index contributed by atoms with van der Waals surface area (Å²) >= 11 is 9.14. The number of benzene rings is 1. The summed E-state index contributed by atoms with van der Waals surface area (Å²) < 4.78 is 1.00. The van der Waals surface area contributed by atoms with Crippen molar-refractivity contribution in [2.75, 3.05) is 5.32 Å². The van der Waals surface area contributed by atoms with Crippen LogP contribution in [0.1, 0.15) is 15.9 Å². The number of hydrogen-bond acceptors (Lipinski definition) is 3. The van der Waals surface area contributed by atoms with E-state index in [1.165, 1.54) is 12.1 Å². The van der Waals surface area contributed by atoms with Gasteiger partial charge in [-0.15, -0.1) is 0 Å². The standard InChI is InChI=1S/C13H10BrClN2O2/c14-10-3-1-8(2-4-10)7-16-12-6-9(13(18)19)5-11(15)17-12/h1-6H,7H2,(H,16,17)(H,18,19). The Labute approximate surface area is 123 Å². The van der Waals surface area contributed by atoms with E-state index >= 15 is 0 Å². The molecule has 0 saturated carbocycles. The van der Waals surface area contributed by atoms with Crippen molar-refractivity contribution in [1.29, 1.82) is 0 Å². The highest BCUT2D eigenvalue weighted by molar-refractivity contribution is 9.10. The summed E-state index contributed by atoms with van der Waals surface area (Å²) in [5, 5.41) is 12.1. The highest BCUT2D eigenvalue weighted by Crippen LogP contribution is 2.16. The maximum Gasteiger partial charge on any atom is 0.335 e. The Morgan fingerprint density at radius 3 is 2.63 bits per heavy atom. The van der Waals surface area contributed by atoms with E-state index in [1.54, 1.807) is 0 Å². The van der Waals surface area contributed by atoms with E-state index in [4.69, 9.17) is 16.7 Å². The van der Waals surface area contributed by atoms with Crippen LogP contribution in [0.15, 0.2) is 40.9 Å². The Morgan fingerprint density at radius 2 is 2.00 bits per heavy atom. The van der Waals surface area contributed by atoms with Gasteiger partial charge in [-0.05, 0) is 29.8 Å². The van der Waals surface area contributed by atoms with Crippen molar-refractivity contribution < 1.29 is 9.90 Å². The van der Waals surface area contributed by atoms with Gasteiger partial charge in [0, 0.05) is 11.0 Å². The number of nitrogens with zero attached hydrogens (tertiary/aromatic N) is 1. The fraction of sp³-hybridized carbons (Fsp3) is 0.0769. The summed E-state index contributed by atoms with van der Waals surface area (Å²) in [4.78, 5) is 14.9. The van der Waals surface area contributed by atoms with Crippen LogP contribution in [0.5, 0.6) is 0 Å². The zero-order valence-corrected chi connectivity index (χ0v) is 12.1. The van der Waals surface area contributed by atoms with Gasteiger partial charge in [0.25, 0.3) is 0 Å². The van der Waals surface area contributed by atoms with Gasteiger partial charge in [-0.25, -0.2) is 9.78 Å². The number of carboxylic acids is 1. The molecule has 1 aromatic heterocycles. The summed E-state index contributed by atoms with van der Waals surface area (Å²) in [5.74, 6) is -0.594. The van der Waals surface area contributed by atoms with Crippen molar-refractivity contribution >= 4 is 39.3 Å². The van der Waals surface area contributed by atoms with E-state index in [9.17, 15) is 4.79 Å². The number of carbonyl (C=O) groups is 1. The Kier molecular flexibility index (Phi) is 4.39. The Bertz CT molecular complexity index is 602. The number of nitrogens with one attached hydrogen (secondary N) is 1. The number of anilines is 1. The van der Waals surface area contributed by atoms with Crippen molar-refractivity contribution in [1.82, 2.24) is 4.98 Å². The number of rotatable bonds is 4. The molecule has 0 aliphatic rings. The van der Waals surface area contributed by atoms with Gasteiger partial charge in [0.15, 0.2) is 0 Å². The average Bonchev–Trinajstić information content (AvgIpc) is 2.37. The van der Waals surface area contributed by atoms with E-state index < -0.39 is 5.97 Å². The topological polar surface area (TPSA) is 62.2 Å². The third-order valence-electron chi connectivity index (χ3n) is 2.43. The third kappa shape index (κ3) is 3.94. The van der Waals surface area contributed by atoms with Crippen molar-refractivity contribution in [3.8, 4) is 0 Å². The molecular weight excluding hydrogens is 332 g/mol. The van der Waals surface area contributed by atoms with Crippen LogP contribution in [-0.2, 0) is 6.54 Å². The van der Waals surface area contributed by atoms with Gasteiger partial charge in [-0.1, -0.05) is 39.7 Å². The molecule has 6 heteroatoms. The summed E-state index contributed by atoms with van der Waals surface area (Å²) in [5.41, 5.74) is 1.17. The lowest BCUT2D eigenvalue weighted by Gasteiger charge is -2.07. The number of carboxylic acid groups (broad SMARTS) is 1. The zero-order chi connectivity index (χ0) is 13.8. The van der Waals surface area contributed by atoms with Gasteiger partial charge in [0.2, 0.25) is 0 Å². The molecular formula is C13H10BrClN2O2. The van der Waals surface area contributed by atoms with Gasteiger partial charge in [-0.3, -0.25) is 0 Å². The average molecular weight is 342 g/mol. The first-order valence-corrected chi connectivity index (χ1v) is 6.61. The summed E-state index contributed by atoms with van der Waals surface area (Å²) in [6.07, 6.45) is 0. The third-order valence-corrected chi connectivity index (χ3v) is 3.15. The van der Waals surface area contributed by atoms with Gasteiger partial charge in [-0.2, -0.15) is 0 Å². The monoisotopic (exact) mass is 340 g/mol. The lowest BCUT2D eigenvalue weighted by atomic mass is 10.2. The fourth-order valence-corrected chi connectivity index (χ4v) is 1.98. The van der Waals surface area contributed by atoms with Gasteiger partial charge in [0.1, 0.15) is 11.0 Å². The molecule has 1 heterocycles. The SMILES string of the molecule is O=C(O)c1cc(Cl)nc(NCc2ccc(Br)cc2)c1. The van der Waals surface area contributed by atoms with Crippen LogP contribution in [0.4, 0.5) is 5.82 Å². The van der Waals surface area contributed by atoms with Crippen LogP contribution in [0.3, 0.4) is 0 Å². The molecule has 1 aromatic carbocycles. The lowest BCUT2D eigenvalue weighted by molar-refractivity contribution is 0.0697. The second kappa shape index (κ2) is 6.04. The van der Waals surface area contributed by atoms with Crippen LogP contribution >= 0.6 is 27.5 Å². The summed E-state index contributed by atoms with van der Waals surface area (Å²) in [6, 6.07) is 10.6. The molecule has 0 atom stereocenters. The van der Waals surface area contributed by atoms with Crippen LogP contribution < -0.4 is 5.32 Å². The number of hydrogen-bond donors (Lipinski definition) is 2. The molecule has 0 amide bonds. The quantitative estimate of drug-likeness (QED) is 0.830. The van der Waals surface area contributed by atoms with Crippen LogP contribution in [-0.4, -0.2) is 16.1 Å². The molecule has 0 fully saturated rings. The van der Waals surface area contributed by atoms with E-state index in [-0.39, 0.29) is 10.7 Å². The number of halogens is 2.